The van der Waals surface area contributed by atoms with Crippen molar-refractivity contribution in [3.63, 3.8) is 0 Å². The summed E-state index contributed by atoms with van der Waals surface area (Å²) in [5.41, 5.74) is 0.710. The molecule has 1 aliphatic heterocycles. The molecule has 1 fully saturated rings. The minimum Gasteiger partial charge on any atom is -0.370 e. The van der Waals surface area contributed by atoms with Gasteiger partial charge in [0.15, 0.2) is 0 Å². The predicted molar refractivity (Wildman–Crippen MR) is 94.8 cm³/mol. The van der Waals surface area contributed by atoms with Gasteiger partial charge in [-0.1, -0.05) is 12.1 Å². The van der Waals surface area contributed by atoms with Gasteiger partial charge in [0.05, 0.1) is 25.8 Å². The normalized spacial score (nSPS) is 18.1. The van der Waals surface area contributed by atoms with Crippen LogP contribution >= 0.6 is 11.3 Å². The number of thiazole rings is 1. The molecule has 1 atom stereocenters. The molecule has 1 aromatic heterocycles. The van der Waals surface area contributed by atoms with Gasteiger partial charge in [-0.05, 0) is 17.7 Å². The molecule has 1 aliphatic rings. The van der Waals surface area contributed by atoms with E-state index in [9.17, 15) is 14.0 Å². The van der Waals surface area contributed by atoms with E-state index in [4.69, 9.17) is 4.74 Å². The zero-order chi connectivity index (χ0) is 18.5. The highest BCUT2D eigenvalue weighted by Gasteiger charge is 2.30. The van der Waals surface area contributed by atoms with E-state index < -0.39 is 0 Å². The third-order valence-electron chi connectivity index (χ3n) is 4.16. The lowest BCUT2D eigenvalue weighted by Crippen LogP contribution is -2.38. The molecule has 2 heterocycles. The van der Waals surface area contributed by atoms with E-state index in [0.29, 0.717) is 25.2 Å². The summed E-state index contributed by atoms with van der Waals surface area (Å²) in [5.74, 6) is -0.626. The minimum absolute atomic E-state index is 0.0283. The van der Waals surface area contributed by atoms with Crippen molar-refractivity contribution in [3.8, 4) is 0 Å². The second-order valence-corrected chi connectivity index (χ2v) is 7.14. The number of nitrogens with zero attached hydrogens (tertiary/aromatic N) is 3. The topological polar surface area (TPSA) is 62.7 Å². The van der Waals surface area contributed by atoms with Gasteiger partial charge in [0, 0.05) is 31.6 Å². The Morgan fingerprint density at radius 3 is 2.96 bits per heavy atom. The zero-order valence-electron chi connectivity index (χ0n) is 14.4. The number of aromatic nitrogens is 1. The van der Waals surface area contributed by atoms with Crippen LogP contribution in [0.4, 0.5) is 4.39 Å². The average Bonchev–Trinajstić information content (AvgIpc) is 3.05. The first-order valence-electron chi connectivity index (χ1n) is 8.29. The summed E-state index contributed by atoms with van der Waals surface area (Å²) < 4.78 is 19.2. The molecule has 0 aliphatic carbocycles. The SMILES string of the molecule is CC(=O)N1CC(=O)N(Cc2nccs2)CC(OCc2cccc(F)c2)C1. The van der Waals surface area contributed by atoms with E-state index in [0.717, 1.165) is 5.01 Å². The quantitative estimate of drug-likeness (QED) is 0.800. The Hall–Kier alpha value is -2.32. The number of hydrogen-bond donors (Lipinski definition) is 0. The highest BCUT2D eigenvalue weighted by Crippen LogP contribution is 2.15. The maximum atomic E-state index is 13.3. The van der Waals surface area contributed by atoms with Crippen molar-refractivity contribution in [1.29, 1.82) is 0 Å². The number of halogens is 1. The second-order valence-electron chi connectivity index (χ2n) is 6.16. The number of rotatable bonds is 5. The van der Waals surface area contributed by atoms with Crippen molar-refractivity contribution < 1.29 is 18.7 Å². The summed E-state index contributed by atoms with van der Waals surface area (Å²) in [6.45, 7) is 2.76. The van der Waals surface area contributed by atoms with Gasteiger partial charge < -0.3 is 14.5 Å². The van der Waals surface area contributed by atoms with Crippen molar-refractivity contribution in [1.82, 2.24) is 14.8 Å². The number of ether oxygens (including phenoxy) is 1. The predicted octanol–water partition coefficient (Wildman–Crippen LogP) is 2.06. The van der Waals surface area contributed by atoms with Crippen molar-refractivity contribution in [2.24, 2.45) is 0 Å². The van der Waals surface area contributed by atoms with Crippen LogP contribution in [0, 0.1) is 5.82 Å². The molecule has 0 spiro atoms. The van der Waals surface area contributed by atoms with Gasteiger partial charge in [0.1, 0.15) is 10.8 Å². The molecule has 1 saturated heterocycles. The fourth-order valence-electron chi connectivity index (χ4n) is 2.81. The van der Waals surface area contributed by atoms with Crippen LogP contribution in [0.2, 0.25) is 0 Å². The van der Waals surface area contributed by atoms with E-state index >= 15 is 0 Å². The van der Waals surface area contributed by atoms with E-state index in [2.05, 4.69) is 4.98 Å². The van der Waals surface area contributed by atoms with E-state index in [1.807, 2.05) is 5.38 Å². The highest BCUT2D eigenvalue weighted by atomic mass is 32.1. The summed E-state index contributed by atoms with van der Waals surface area (Å²) in [4.78, 5) is 31.7. The molecular formula is C18H20FN3O3S. The van der Waals surface area contributed by atoms with Gasteiger partial charge in [-0.2, -0.15) is 0 Å². The van der Waals surface area contributed by atoms with Gasteiger partial charge >= 0.3 is 0 Å². The van der Waals surface area contributed by atoms with Gasteiger partial charge in [-0.3, -0.25) is 9.59 Å². The average molecular weight is 377 g/mol. The standard InChI is InChI=1S/C18H20FN3O3S/c1-13(23)21-8-16(25-12-14-3-2-4-15(19)7-14)9-22(18(24)11-21)10-17-20-5-6-26-17/h2-7,16H,8-12H2,1H3. The Balaban J connectivity index is 1.70. The van der Waals surface area contributed by atoms with Gasteiger partial charge in [0.25, 0.3) is 0 Å². The Labute approximate surface area is 155 Å². The van der Waals surface area contributed by atoms with Crippen LogP contribution in [-0.2, 0) is 27.5 Å². The molecule has 26 heavy (non-hydrogen) atoms. The molecule has 3 rings (SSSR count). The maximum Gasteiger partial charge on any atom is 0.242 e. The highest BCUT2D eigenvalue weighted by molar-refractivity contribution is 7.09. The molecule has 1 aromatic carbocycles. The van der Waals surface area contributed by atoms with Crippen LogP contribution in [0.15, 0.2) is 35.8 Å². The summed E-state index contributed by atoms with van der Waals surface area (Å²) in [5, 5.41) is 2.69. The Morgan fingerprint density at radius 2 is 2.27 bits per heavy atom. The van der Waals surface area contributed by atoms with Crippen LogP contribution in [0.1, 0.15) is 17.5 Å². The molecule has 0 saturated carbocycles. The lowest BCUT2D eigenvalue weighted by Gasteiger charge is -2.24. The van der Waals surface area contributed by atoms with Gasteiger partial charge in [0.2, 0.25) is 11.8 Å². The zero-order valence-corrected chi connectivity index (χ0v) is 15.2. The summed E-state index contributed by atoms with van der Waals surface area (Å²) >= 11 is 1.48. The first kappa shape index (κ1) is 18.5. The van der Waals surface area contributed by atoms with Crippen LogP contribution in [0.3, 0.4) is 0 Å². The Kier molecular flexibility index (Phi) is 5.95. The molecule has 1 unspecified atom stereocenters. The second kappa shape index (κ2) is 8.37. The molecule has 8 heteroatoms. The molecule has 0 radical (unpaired) electrons. The van der Waals surface area contributed by atoms with Crippen LogP contribution < -0.4 is 0 Å². The Bertz CT molecular complexity index is 769. The van der Waals surface area contributed by atoms with Crippen LogP contribution in [0.25, 0.3) is 0 Å². The smallest absolute Gasteiger partial charge is 0.242 e. The number of carbonyl (C=O) groups excluding carboxylic acids is 2. The van der Waals surface area contributed by atoms with Gasteiger partial charge in [-0.15, -0.1) is 11.3 Å². The fraction of sp³-hybridized carbons (Fsp3) is 0.389. The van der Waals surface area contributed by atoms with Crippen molar-refractivity contribution in [3.05, 3.63) is 52.2 Å². The third-order valence-corrected chi connectivity index (χ3v) is 4.92. The first-order chi connectivity index (χ1) is 12.5. The number of amides is 2. The lowest BCUT2D eigenvalue weighted by atomic mass is 10.2. The van der Waals surface area contributed by atoms with Gasteiger partial charge in [-0.25, -0.2) is 9.37 Å². The van der Waals surface area contributed by atoms with Crippen molar-refractivity contribution in [2.75, 3.05) is 19.6 Å². The summed E-state index contributed by atoms with van der Waals surface area (Å²) in [6, 6.07) is 6.20. The molecule has 0 N–H and O–H groups in total. The van der Waals surface area contributed by atoms with E-state index in [-0.39, 0.29) is 36.9 Å². The maximum absolute atomic E-state index is 13.3. The van der Waals surface area contributed by atoms with E-state index in [1.165, 1.54) is 35.3 Å². The molecule has 6 nitrogen and oxygen atoms in total. The number of carbonyl (C=O) groups is 2. The van der Waals surface area contributed by atoms with E-state index in [1.54, 1.807) is 23.2 Å². The fourth-order valence-corrected chi connectivity index (χ4v) is 3.44. The lowest BCUT2D eigenvalue weighted by molar-refractivity contribution is -0.137. The third kappa shape index (κ3) is 4.86. The van der Waals surface area contributed by atoms with Crippen LogP contribution in [0.5, 0.6) is 0 Å². The van der Waals surface area contributed by atoms with Crippen LogP contribution in [-0.4, -0.2) is 52.3 Å². The molecule has 2 aromatic rings. The summed E-state index contributed by atoms with van der Waals surface area (Å²) in [7, 11) is 0. The monoisotopic (exact) mass is 377 g/mol. The van der Waals surface area contributed by atoms with Crippen molar-refractivity contribution in [2.45, 2.75) is 26.2 Å². The molecular weight excluding hydrogens is 357 g/mol. The summed E-state index contributed by atoms with van der Waals surface area (Å²) in [6.07, 6.45) is 1.34. The largest absolute Gasteiger partial charge is 0.370 e. The minimum atomic E-state index is -0.353. The number of benzene rings is 1. The molecule has 2 amide bonds. The number of hydrogen-bond acceptors (Lipinski definition) is 5. The van der Waals surface area contributed by atoms with Crippen molar-refractivity contribution >= 4 is 23.2 Å². The molecule has 138 valence electrons. The first-order valence-corrected chi connectivity index (χ1v) is 9.17. The Morgan fingerprint density at radius 1 is 1.42 bits per heavy atom. The molecule has 0 bridgehead atoms.